The minimum Gasteiger partial charge on any atom is -0.475 e. The van der Waals surface area contributed by atoms with Gasteiger partial charge in [0.25, 0.3) is 0 Å². The van der Waals surface area contributed by atoms with Crippen molar-refractivity contribution in [3.63, 3.8) is 0 Å². The first-order valence-corrected chi connectivity index (χ1v) is 6.61. The Hall–Kier alpha value is -2.14. The summed E-state index contributed by atoms with van der Waals surface area (Å²) in [5.74, 6) is -1.24. The number of rotatable bonds is 3. The van der Waals surface area contributed by atoms with E-state index >= 15 is 0 Å². The number of carboxylic acids is 1. The highest BCUT2D eigenvalue weighted by atomic mass is 16.5. The van der Waals surface area contributed by atoms with Gasteiger partial charge in [-0.15, -0.1) is 0 Å². The van der Waals surface area contributed by atoms with Crippen molar-refractivity contribution in [1.82, 2.24) is 10.1 Å². The number of aromatic carboxylic acids is 1. The van der Waals surface area contributed by atoms with E-state index in [0.717, 1.165) is 18.7 Å². The number of hydrogen-bond acceptors (Lipinski definition) is 4. The van der Waals surface area contributed by atoms with E-state index < -0.39 is 5.97 Å². The third-order valence-corrected chi connectivity index (χ3v) is 3.70. The van der Waals surface area contributed by atoms with Crippen LogP contribution in [0.3, 0.4) is 0 Å². The van der Waals surface area contributed by atoms with E-state index in [2.05, 4.69) is 36.0 Å². The van der Waals surface area contributed by atoms with Gasteiger partial charge in [0.1, 0.15) is 5.69 Å². The first kappa shape index (κ1) is 12.9. The van der Waals surface area contributed by atoms with Gasteiger partial charge in [-0.3, -0.25) is 4.90 Å². The molecule has 0 saturated heterocycles. The Bertz CT molecular complexity index is 661. The van der Waals surface area contributed by atoms with Crippen molar-refractivity contribution in [2.75, 3.05) is 0 Å². The lowest BCUT2D eigenvalue weighted by Crippen LogP contribution is -2.24. The highest BCUT2D eigenvalue weighted by Gasteiger charge is 2.22. The van der Waals surface area contributed by atoms with Crippen LogP contribution in [0.5, 0.6) is 0 Å². The molecule has 0 aliphatic carbocycles. The molecule has 0 saturated carbocycles. The van der Waals surface area contributed by atoms with Gasteiger partial charge in [-0.25, -0.2) is 4.79 Å². The van der Waals surface area contributed by atoms with Crippen molar-refractivity contribution in [1.29, 1.82) is 0 Å². The van der Waals surface area contributed by atoms with Crippen LogP contribution < -0.4 is 0 Å². The second-order valence-corrected chi connectivity index (χ2v) is 5.36. The normalized spacial score (nSPS) is 14.8. The SMILES string of the molecule is CC(C)N1Cc2ccc(-c3cc(C(=O)O)on3)cc2C1. The van der Waals surface area contributed by atoms with Crippen molar-refractivity contribution in [3.8, 4) is 11.3 Å². The molecule has 1 aromatic heterocycles. The summed E-state index contributed by atoms with van der Waals surface area (Å²) in [6.45, 7) is 6.25. The van der Waals surface area contributed by atoms with Crippen molar-refractivity contribution >= 4 is 5.97 Å². The average Bonchev–Trinajstić information content (AvgIpc) is 3.04. The quantitative estimate of drug-likeness (QED) is 0.930. The second kappa shape index (κ2) is 4.76. The molecule has 104 valence electrons. The highest BCUT2D eigenvalue weighted by molar-refractivity contribution is 5.85. The number of fused-ring (bicyclic) bond motifs is 1. The van der Waals surface area contributed by atoms with Crippen LogP contribution in [0.4, 0.5) is 0 Å². The van der Waals surface area contributed by atoms with Crippen LogP contribution in [0.1, 0.15) is 35.5 Å². The fraction of sp³-hybridized carbons (Fsp3) is 0.333. The molecule has 1 aliphatic heterocycles. The van der Waals surface area contributed by atoms with E-state index in [1.807, 2.05) is 6.07 Å². The monoisotopic (exact) mass is 272 g/mol. The minimum atomic E-state index is -1.10. The van der Waals surface area contributed by atoms with Gasteiger partial charge < -0.3 is 9.63 Å². The van der Waals surface area contributed by atoms with E-state index in [4.69, 9.17) is 9.63 Å². The van der Waals surface area contributed by atoms with Crippen molar-refractivity contribution < 1.29 is 14.4 Å². The fourth-order valence-electron chi connectivity index (χ4n) is 2.46. The second-order valence-electron chi connectivity index (χ2n) is 5.36. The molecule has 20 heavy (non-hydrogen) atoms. The average molecular weight is 272 g/mol. The fourth-order valence-corrected chi connectivity index (χ4v) is 2.46. The van der Waals surface area contributed by atoms with E-state index in [-0.39, 0.29) is 5.76 Å². The Kier molecular flexibility index (Phi) is 3.06. The number of benzene rings is 1. The van der Waals surface area contributed by atoms with Crippen molar-refractivity contribution in [2.45, 2.75) is 33.0 Å². The first-order chi connectivity index (χ1) is 9.54. The number of carbonyl (C=O) groups is 1. The molecule has 0 fully saturated rings. The van der Waals surface area contributed by atoms with E-state index in [1.165, 1.54) is 17.2 Å². The Balaban J connectivity index is 1.90. The first-order valence-electron chi connectivity index (χ1n) is 6.61. The van der Waals surface area contributed by atoms with Gasteiger partial charge in [0, 0.05) is 30.8 Å². The Labute approximate surface area is 116 Å². The molecule has 2 aromatic rings. The van der Waals surface area contributed by atoms with Crippen LogP contribution in [0.2, 0.25) is 0 Å². The third-order valence-electron chi connectivity index (χ3n) is 3.70. The summed E-state index contributed by atoms with van der Waals surface area (Å²) in [7, 11) is 0. The van der Waals surface area contributed by atoms with Crippen LogP contribution in [0, 0.1) is 0 Å². The molecule has 0 spiro atoms. The lowest BCUT2D eigenvalue weighted by Gasteiger charge is -2.18. The van der Waals surface area contributed by atoms with Gasteiger partial charge in [0.15, 0.2) is 0 Å². The van der Waals surface area contributed by atoms with Gasteiger partial charge in [-0.1, -0.05) is 17.3 Å². The Morgan fingerprint density at radius 3 is 2.70 bits per heavy atom. The number of aromatic nitrogens is 1. The third kappa shape index (κ3) is 2.20. The molecule has 2 heterocycles. The van der Waals surface area contributed by atoms with Crippen molar-refractivity contribution in [2.24, 2.45) is 0 Å². The van der Waals surface area contributed by atoms with Gasteiger partial charge >= 0.3 is 5.97 Å². The minimum absolute atomic E-state index is 0.135. The maximum Gasteiger partial charge on any atom is 0.374 e. The topological polar surface area (TPSA) is 66.6 Å². The summed E-state index contributed by atoms with van der Waals surface area (Å²) in [5, 5.41) is 12.7. The lowest BCUT2D eigenvalue weighted by molar-refractivity contribution is 0.0652. The zero-order chi connectivity index (χ0) is 14.3. The maximum atomic E-state index is 10.8. The van der Waals surface area contributed by atoms with Crippen LogP contribution in [-0.2, 0) is 13.1 Å². The Morgan fingerprint density at radius 1 is 1.30 bits per heavy atom. The zero-order valence-electron chi connectivity index (χ0n) is 11.5. The number of carboxylic acid groups (broad SMARTS) is 1. The van der Waals surface area contributed by atoms with E-state index in [0.29, 0.717) is 11.7 Å². The number of hydrogen-bond donors (Lipinski definition) is 1. The standard InChI is InChI=1S/C15H16N2O3/c1-9(2)17-7-11-4-3-10(5-12(11)8-17)13-6-14(15(18)19)20-16-13/h3-6,9H,7-8H2,1-2H3,(H,18,19). The molecule has 3 rings (SSSR count). The van der Waals surface area contributed by atoms with Gasteiger partial charge in [-0.2, -0.15) is 0 Å². The molecular weight excluding hydrogens is 256 g/mol. The molecule has 1 aromatic carbocycles. The zero-order valence-corrected chi connectivity index (χ0v) is 11.5. The predicted molar refractivity (Wildman–Crippen MR) is 73.3 cm³/mol. The summed E-state index contributed by atoms with van der Waals surface area (Å²) in [6, 6.07) is 8.09. The molecular formula is C15H16N2O3. The summed E-state index contributed by atoms with van der Waals surface area (Å²) >= 11 is 0. The summed E-state index contributed by atoms with van der Waals surface area (Å²) in [5.41, 5.74) is 4.05. The predicted octanol–water partition coefficient (Wildman–Crippen LogP) is 2.76. The van der Waals surface area contributed by atoms with Gasteiger partial charge in [0.2, 0.25) is 5.76 Å². The largest absolute Gasteiger partial charge is 0.475 e. The maximum absolute atomic E-state index is 10.8. The van der Waals surface area contributed by atoms with Crippen molar-refractivity contribution in [3.05, 3.63) is 41.2 Å². The molecule has 0 bridgehead atoms. The molecule has 0 unspecified atom stereocenters. The molecule has 0 amide bonds. The molecule has 1 aliphatic rings. The lowest BCUT2D eigenvalue weighted by atomic mass is 10.0. The van der Waals surface area contributed by atoms with Gasteiger partial charge in [-0.05, 0) is 31.0 Å². The highest BCUT2D eigenvalue weighted by Crippen LogP contribution is 2.29. The number of nitrogens with zero attached hydrogens (tertiary/aromatic N) is 2. The molecule has 1 N–H and O–H groups in total. The van der Waals surface area contributed by atoms with Crippen LogP contribution in [-0.4, -0.2) is 27.2 Å². The Morgan fingerprint density at radius 2 is 2.05 bits per heavy atom. The molecule has 0 radical (unpaired) electrons. The smallest absolute Gasteiger partial charge is 0.374 e. The molecule has 5 heteroatoms. The van der Waals surface area contributed by atoms with E-state index in [9.17, 15) is 4.79 Å². The van der Waals surface area contributed by atoms with Crippen LogP contribution in [0.25, 0.3) is 11.3 Å². The summed E-state index contributed by atoms with van der Waals surface area (Å²) in [6.07, 6.45) is 0. The van der Waals surface area contributed by atoms with Crippen LogP contribution in [0.15, 0.2) is 28.8 Å². The van der Waals surface area contributed by atoms with Gasteiger partial charge in [0.05, 0.1) is 0 Å². The summed E-state index contributed by atoms with van der Waals surface area (Å²) < 4.78 is 4.80. The van der Waals surface area contributed by atoms with Crippen LogP contribution >= 0.6 is 0 Å². The molecule has 0 atom stereocenters. The van der Waals surface area contributed by atoms with E-state index in [1.54, 1.807) is 0 Å². The molecule has 5 nitrogen and oxygen atoms in total. The summed E-state index contributed by atoms with van der Waals surface area (Å²) in [4.78, 5) is 13.2.